The van der Waals surface area contributed by atoms with Gasteiger partial charge in [-0.1, -0.05) is 23.5 Å². The Morgan fingerprint density at radius 3 is 2.50 bits per heavy atom. The first kappa shape index (κ1) is 18.1. The highest BCUT2D eigenvalue weighted by molar-refractivity contribution is 7.13. The van der Waals surface area contributed by atoms with Crippen molar-refractivity contribution in [3.05, 3.63) is 69.1 Å². The van der Waals surface area contributed by atoms with Gasteiger partial charge in [0.25, 0.3) is 5.69 Å². The van der Waals surface area contributed by atoms with Gasteiger partial charge < -0.3 is 17.0 Å². The fourth-order valence-electron chi connectivity index (χ4n) is 2.27. The molecular formula is C17H16BrN3O2S. The summed E-state index contributed by atoms with van der Waals surface area (Å²) in [7, 11) is 0. The molecule has 1 aromatic heterocycles. The third-order valence-electron chi connectivity index (χ3n) is 3.78. The molecule has 0 amide bonds. The molecule has 0 saturated heterocycles. The van der Waals surface area contributed by atoms with E-state index in [0.29, 0.717) is 0 Å². The molecule has 0 spiro atoms. The first-order chi connectivity index (χ1) is 11.0. The summed E-state index contributed by atoms with van der Waals surface area (Å²) in [6.07, 6.45) is 0. The fraction of sp³-hybridized carbons (Fsp3) is 0.118. The van der Waals surface area contributed by atoms with Crippen molar-refractivity contribution in [2.75, 3.05) is 5.32 Å². The molecular weight excluding hydrogens is 390 g/mol. The number of hydrogen-bond acceptors (Lipinski definition) is 4. The number of anilines is 2. The molecule has 0 aliphatic carbocycles. The Kier molecular flexibility index (Phi) is 5.69. The second kappa shape index (κ2) is 7.55. The maximum Gasteiger partial charge on any atom is 0.337 e. The van der Waals surface area contributed by atoms with Crippen LogP contribution in [-0.4, -0.2) is 4.92 Å². The fourth-order valence-corrected chi connectivity index (χ4v) is 3.04. The number of hydrogen-bond donors (Lipinski definition) is 1. The van der Waals surface area contributed by atoms with Crippen LogP contribution in [-0.2, 0) is 0 Å². The lowest BCUT2D eigenvalue weighted by Crippen LogP contribution is -3.00. The van der Waals surface area contributed by atoms with Gasteiger partial charge in [-0.2, -0.15) is 0 Å². The van der Waals surface area contributed by atoms with Crippen LogP contribution in [0.15, 0.2) is 47.8 Å². The van der Waals surface area contributed by atoms with Crippen molar-refractivity contribution in [1.82, 2.24) is 0 Å². The Hall–Kier alpha value is -2.25. The second-order valence-electron chi connectivity index (χ2n) is 5.28. The van der Waals surface area contributed by atoms with Crippen molar-refractivity contribution in [1.29, 1.82) is 0 Å². The number of nitrogens with zero attached hydrogens (tertiary/aromatic N) is 1. The number of H-pyrrole nitrogens is 1. The molecule has 0 saturated carbocycles. The monoisotopic (exact) mass is 405 g/mol. The van der Waals surface area contributed by atoms with Gasteiger partial charge >= 0.3 is 5.13 Å². The van der Waals surface area contributed by atoms with Gasteiger partial charge in [-0.05, 0) is 43.2 Å². The van der Waals surface area contributed by atoms with Gasteiger partial charge in [-0.25, -0.2) is 10.3 Å². The lowest BCUT2D eigenvalue weighted by atomic mass is 10.1. The third kappa shape index (κ3) is 3.80. The van der Waals surface area contributed by atoms with Gasteiger partial charge in [0.2, 0.25) is 0 Å². The van der Waals surface area contributed by atoms with E-state index in [9.17, 15) is 10.1 Å². The molecule has 0 fully saturated rings. The maximum absolute atomic E-state index is 10.7. The van der Waals surface area contributed by atoms with Gasteiger partial charge in [0.15, 0.2) is 0 Å². The van der Waals surface area contributed by atoms with Crippen LogP contribution in [0.2, 0.25) is 0 Å². The number of nitrogens with one attached hydrogen (secondary N) is 2. The summed E-state index contributed by atoms with van der Waals surface area (Å²) in [6.45, 7) is 4.17. The zero-order chi connectivity index (χ0) is 16.4. The van der Waals surface area contributed by atoms with Crippen molar-refractivity contribution in [2.24, 2.45) is 0 Å². The highest BCUT2D eigenvalue weighted by atomic mass is 79.9. The minimum atomic E-state index is -0.394. The Bertz CT molecular complexity index is 863. The largest absolute Gasteiger partial charge is 1.00 e. The Morgan fingerprint density at radius 2 is 1.83 bits per heavy atom. The lowest BCUT2D eigenvalue weighted by molar-refractivity contribution is -0.384. The zero-order valence-electron chi connectivity index (χ0n) is 13.2. The molecule has 3 rings (SSSR count). The molecule has 0 radical (unpaired) electrons. The van der Waals surface area contributed by atoms with E-state index in [1.54, 1.807) is 23.5 Å². The van der Waals surface area contributed by atoms with Crippen molar-refractivity contribution >= 4 is 27.8 Å². The molecule has 0 aliphatic rings. The molecule has 0 aliphatic heterocycles. The van der Waals surface area contributed by atoms with E-state index in [4.69, 9.17) is 0 Å². The number of benzene rings is 2. The minimum absolute atomic E-state index is 0. The maximum atomic E-state index is 10.7. The van der Waals surface area contributed by atoms with Gasteiger partial charge in [0.1, 0.15) is 11.4 Å². The highest BCUT2D eigenvalue weighted by Crippen LogP contribution is 2.26. The van der Waals surface area contributed by atoms with E-state index < -0.39 is 4.92 Å². The van der Waals surface area contributed by atoms with Crippen LogP contribution in [0.3, 0.4) is 0 Å². The van der Waals surface area contributed by atoms with E-state index in [1.165, 1.54) is 23.3 Å². The normalized spacial score (nSPS) is 10.1. The van der Waals surface area contributed by atoms with Gasteiger partial charge in [-0.15, -0.1) is 0 Å². The molecule has 7 heteroatoms. The number of rotatable bonds is 4. The molecule has 24 heavy (non-hydrogen) atoms. The highest BCUT2D eigenvalue weighted by Gasteiger charge is 2.13. The summed E-state index contributed by atoms with van der Waals surface area (Å²) in [5.41, 5.74) is 5.46. The first-order valence-electron chi connectivity index (χ1n) is 7.13. The van der Waals surface area contributed by atoms with Gasteiger partial charge in [0.05, 0.1) is 4.92 Å². The predicted octanol–water partition coefficient (Wildman–Crippen LogP) is 1.50. The molecule has 0 unspecified atom stereocenters. The van der Waals surface area contributed by atoms with Crippen molar-refractivity contribution in [3.8, 4) is 11.3 Å². The molecule has 5 nitrogen and oxygen atoms in total. The van der Waals surface area contributed by atoms with Gasteiger partial charge in [0, 0.05) is 23.1 Å². The predicted molar refractivity (Wildman–Crippen MR) is 92.2 cm³/mol. The topological polar surface area (TPSA) is 69.3 Å². The number of halogens is 1. The molecule has 0 atom stereocenters. The van der Waals surface area contributed by atoms with E-state index in [1.807, 2.05) is 17.5 Å². The van der Waals surface area contributed by atoms with E-state index >= 15 is 0 Å². The first-order valence-corrected chi connectivity index (χ1v) is 8.01. The average Bonchev–Trinajstić information content (AvgIpc) is 3.00. The smallest absolute Gasteiger partial charge is 0.337 e. The van der Waals surface area contributed by atoms with E-state index in [-0.39, 0.29) is 22.7 Å². The number of non-ortho nitro benzene ring substituents is 1. The van der Waals surface area contributed by atoms with Crippen molar-refractivity contribution in [3.63, 3.8) is 0 Å². The standard InChI is InChI=1S/C17H15N3O2S.BrH/c1-11-4-3-5-15(12(11)2)18-17-19-16(10-23-17)13-6-8-14(9-7-13)20(21)22;/h3-10H,1-2H3,(H,18,19);1H. The lowest BCUT2D eigenvalue weighted by Gasteiger charge is -2.03. The summed E-state index contributed by atoms with van der Waals surface area (Å²) < 4.78 is 0. The number of aromatic nitrogens is 1. The summed E-state index contributed by atoms with van der Waals surface area (Å²) in [5.74, 6) is 0. The number of aromatic amines is 1. The number of nitro benzene ring substituents is 1. The van der Waals surface area contributed by atoms with E-state index in [2.05, 4.69) is 30.2 Å². The van der Waals surface area contributed by atoms with Crippen LogP contribution in [0.4, 0.5) is 16.5 Å². The minimum Gasteiger partial charge on any atom is -1.00 e. The number of nitro groups is 1. The quantitative estimate of drug-likeness (QED) is 0.528. The summed E-state index contributed by atoms with van der Waals surface area (Å²) in [6, 6.07) is 12.7. The molecule has 3 aromatic rings. The SMILES string of the molecule is Cc1cccc(Nc2[nH+]c(-c3ccc([N+](=O)[O-])cc3)cs2)c1C.[Br-]. The van der Waals surface area contributed by atoms with Crippen LogP contribution in [0.25, 0.3) is 11.3 Å². The number of thiazole rings is 1. The van der Waals surface area contributed by atoms with Crippen molar-refractivity contribution in [2.45, 2.75) is 13.8 Å². The van der Waals surface area contributed by atoms with E-state index in [0.717, 1.165) is 22.1 Å². The second-order valence-corrected chi connectivity index (χ2v) is 6.16. The van der Waals surface area contributed by atoms with Gasteiger partial charge in [-0.3, -0.25) is 10.1 Å². The van der Waals surface area contributed by atoms with Crippen molar-refractivity contribution < 1.29 is 26.9 Å². The average molecular weight is 406 g/mol. The Morgan fingerprint density at radius 1 is 1.12 bits per heavy atom. The summed E-state index contributed by atoms with van der Waals surface area (Å²) in [5, 5.41) is 17.0. The Balaban J connectivity index is 0.00000208. The number of aryl methyl sites for hydroxylation is 1. The van der Waals surface area contributed by atoms with Crippen LogP contribution < -0.4 is 27.3 Å². The van der Waals surface area contributed by atoms with Crippen LogP contribution in [0.5, 0.6) is 0 Å². The van der Waals surface area contributed by atoms with Crippen LogP contribution in [0.1, 0.15) is 11.1 Å². The van der Waals surface area contributed by atoms with Crippen LogP contribution >= 0.6 is 11.3 Å². The molecule has 1 heterocycles. The molecule has 124 valence electrons. The summed E-state index contributed by atoms with van der Waals surface area (Å²) in [4.78, 5) is 13.6. The zero-order valence-corrected chi connectivity index (χ0v) is 15.6. The molecule has 0 bridgehead atoms. The molecule has 2 N–H and O–H groups in total. The Labute approximate surface area is 154 Å². The molecule has 2 aromatic carbocycles. The third-order valence-corrected chi connectivity index (χ3v) is 4.58. The van der Waals surface area contributed by atoms with Crippen LogP contribution in [0, 0.1) is 24.0 Å². The summed E-state index contributed by atoms with van der Waals surface area (Å²) >= 11 is 1.56.